The van der Waals surface area contributed by atoms with E-state index < -0.39 is 7.60 Å². The van der Waals surface area contributed by atoms with Gasteiger partial charge in [-0.15, -0.1) is 0 Å². The van der Waals surface area contributed by atoms with Gasteiger partial charge in [-0.1, -0.05) is 48.5 Å². The molecule has 0 aliphatic rings. The van der Waals surface area contributed by atoms with Crippen LogP contribution < -0.4 is 0 Å². The van der Waals surface area contributed by atoms with E-state index in [4.69, 9.17) is 9.05 Å². The second-order valence-corrected chi connectivity index (χ2v) is 9.59. The molecule has 0 N–H and O–H groups in total. The van der Waals surface area contributed by atoms with E-state index in [-0.39, 0.29) is 10.8 Å². The number of hydrogen-bond donors (Lipinski definition) is 0. The van der Waals surface area contributed by atoms with Gasteiger partial charge in [0.1, 0.15) is 0 Å². The van der Waals surface area contributed by atoms with Crippen LogP contribution in [0.15, 0.2) is 0 Å². The van der Waals surface area contributed by atoms with E-state index in [1.807, 2.05) is 6.92 Å². The first-order valence-electron chi connectivity index (χ1n) is 6.86. The third kappa shape index (κ3) is 10.1. The summed E-state index contributed by atoms with van der Waals surface area (Å²) in [4.78, 5) is 0. The molecule has 0 unspecified atom stereocenters. The molecule has 110 valence electrons. The van der Waals surface area contributed by atoms with Crippen LogP contribution >= 0.6 is 7.60 Å². The highest BCUT2D eigenvalue weighted by Gasteiger charge is 2.24. The summed E-state index contributed by atoms with van der Waals surface area (Å²) in [6, 6.07) is 0. The maximum absolute atomic E-state index is 12.3. The molecule has 0 aromatic rings. The molecule has 0 atom stereocenters. The highest BCUT2D eigenvalue weighted by Crippen LogP contribution is 2.48. The predicted molar refractivity (Wildman–Crippen MR) is 78.2 cm³/mol. The summed E-state index contributed by atoms with van der Waals surface area (Å²) >= 11 is 0. The van der Waals surface area contributed by atoms with Gasteiger partial charge < -0.3 is 9.05 Å². The maximum Gasteiger partial charge on any atom is 0.330 e. The lowest BCUT2D eigenvalue weighted by Crippen LogP contribution is -2.12. The molecule has 0 aliphatic heterocycles. The lowest BCUT2D eigenvalue weighted by Gasteiger charge is -2.23. The Kier molecular flexibility index (Phi) is 7.13. The van der Waals surface area contributed by atoms with Crippen molar-refractivity contribution in [2.24, 2.45) is 10.8 Å². The molecule has 4 heteroatoms. The van der Waals surface area contributed by atoms with Crippen molar-refractivity contribution in [3.63, 3.8) is 0 Å². The zero-order chi connectivity index (χ0) is 14.4. The third-order valence-corrected chi connectivity index (χ3v) is 4.59. The average Bonchev–Trinajstić information content (AvgIpc) is 2.13. The number of hydrogen-bond acceptors (Lipinski definition) is 3. The van der Waals surface area contributed by atoms with Crippen molar-refractivity contribution >= 4 is 7.60 Å². The van der Waals surface area contributed by atoms with Gasteiger partial charge in [0.05, 0.1) is 13.2 Å². The van der Waals surface area contributed by atoms with Gasteiger partial charge in [-0.05, 0) is 23.7 Å². The SMILES string of the molecule is CCP(=O)(OCCC(C)(C)C)OCCC(C)(C)C. The minimum absolute atomic E-state index is 0.198. The molecule has 0 spiro atoms. The van der Waals surface area contributed by atoms with Crippen molar-refractivity contribution < 1.29 is 13.6 Å². The van der Waals surface area contributed by atoms with E-state index in [0.717, 1.165) is 12.8 Å². The fraction of sp³-hybridized carbons (Fsp3) is 1.00. The summed E-state index contributed by atoms with van der Waals surface area (Å²) < 4.78 is 23.3. The Morgan fingerprint density at radius 3 is 1.39 bits per heavy atom. The van der Waals surface area contributed by atoms with Crippen molar-refractivity contribution in [3.05, 3.63) is 0 Å². The monoisotopic (exact) mass is 278 g/mol. The van der Waals surface area contributed by atoms with Crippen molar-refractivity contribution in [3.8, 4) is 0 Å². The van der Waals surface area contributed by atoms with Crippen molar-refractivity contribution in [2.75, 3.05) is 19.4 Å². The fourth-order valence-corrected chi connectivity index (χ4v) is 2.38. The van der Waals surface area contributed by atoms with Crippen LogP contribution in [-0.2, 0) is 13.6 Å². The minimum atomic E-state index is -2.87. The first-order chi connectivity index (χ1) is 7.97. The highest BCUT2D eigenvalue weighted by molar-refractivity contribution is 7.53. The van der Waals surface area contributed by atoms with Crippen molar-refractivity contribution in [1.82, 2.24) is 0 Å². The van der Waals surface area contributed by atoms with Gasteiger partial charge >= 0.3 is 7.60 Å². The second-order valence-electron chi connectivity index (χ2n) is 7.21. The minimum Gasteiger partial charge on any atom is -0.309 e. The molecule has 0 radical (unpaired) electrons. The van der Waals surface area contributed by atoms with Crippen LogP contribution in [0.2, 0.25) is 0 Å². The third-order valence-electron chi connectivity index (χ3n) is 2.67. The summed E-state index contributed by atoms with van der Waals surface area (Å²) in [5, 5.41) is 0. The molecule has 18 heavy (non-hydrogen) atoms. The van der Waals surface area contributed by atoms with E-state index in [2.05, 4.69) is 41.5 Å². The number of rotatable bonds is 7. The fourth-order valence-electron chi connectivity index (χ4n) is 1.20. The Morgan fingerprint density at radius 1 is 0.833 bits per heavy atom. The standard InChI is InChI=1S/C14H31O3P/c1-8-18(15,16-11-9-13(2,3)4)17-12-10-14(5,6)7/h8-12H2,1-7H3. The first-order valence-corrected chi connectivity index (χ1v) is 8.58. The van der Waals surface area contributed by atoms with Crippen LogP contribution in [0.5, 0.6) is 0 Å². The first kappa shape index (κ1) is 18.1. The quantitative estimate of drug-likeness (QED) is 0.607. The van der Waals surface area contributed by atoms with E-state index >= 15 is 0 Å². The molecule has 0 bridgehead atoms. The smallest absolute Gasteiger partial charge is 0.309 e. The molecule has 0 aliphatic carbocycles. The Balaban J connectivity index is 4.08. The van der Waals surface area contributed by atoms with Crippen molar-refractivity contribution in [1.29, 1.82) is 0 Å². The largest absolute Gasteiger partial charge is 0.330 e. The van der Waals surface area contributed by atoms with E-state index in [1.54, 1.807) is 0 Å². The van der Waals surface area contributed by atoms with Gasteiger partial charge in [-0.2, -0.15) is 0 Å². The second kappa shape index (κ2) is 7.07. The van der Waals surface area contributed by atoms with Gasteiger partial charge in [0.2, 0.25) is 0 Å². The van der Waals surface area contributed by atoms with Crippen LogP contribution in [0.1, 0.15) is 61.3 Å². The van der Waals surface area contributed by atoms with Crippen molar-refractivity contribution in [2.45, 2.75) is 61.3 Å². The molecular formula is C14H31O3P. The summed E-state index contributed by atoms with van der Waals surface area (Å²) in [7, 11) is -2.87. The van der Waals surface area contributed by atoms with E-state index in [1.165, 1.54) is 0 Å². The normalized spacial score (nSPS) is 13.9. The predicted octanol–water partition coefficient (Wildman–Crippen LogP) is 5.11. The van der Waals surface area contributed by atoms with Gasteiger partial charge in [-0.3, -0.25) is 4.57 Å². The van der Waals surface area contributed by atoms with Gasteiger partial charge in [0.25, 0.3) is 0 Å². The topological polar surface area (TPSA) is 35.5 Å². The Bertz CT molecular complexity index is 250. The van der Waals surface area contributed by atoms with Crippen LogP contribution in [0.3, 0.4) is 0 Å². The van der Waals surface area contributed by atoms with E-state index in [0.29, 0.717) is 19.4 Å². The van der Waals surface area contributed by atoms with Gasteiger partial charge in [-0.25, -0.2) is 0 Å². The Morgan fingerprint density at radius 2 is 1.17 bits per heavy atom. The summed E-state index contributed by atoms with van der Waals surface area (Å²) in [5.41, 5.74) is 0.397. The van der Waals surface area contributed by atoms with Gasteiger partial charge in [0, 0.05) is 6.16 Å². The summed E-state index contributed by atoms with van der Waals surface area (Å²) in [5.74, 6) is 0. The molecule has 0 aromatic carbocycles. The molecule has 3 nitrogen and oxygen atoms in total. The van der Waals surface area contributed by atoms with Crippen LogP contribution in [0.25, 0.3) is 0 Å². The van der Waals surface area contributed by atoms with Crippen LogP contribution in [0, 0.1) is 10.8 Å². The molecule has 0 saturated heterocycles. The maximum atomic E-state index is 12.3. The van der Waals surface area contributed by atoms with Crippen LogP contribution in [-0.4, -0.2) is 19.4 Å². The summed E-state index contributed by atoms with van der Waals surface area (Å²) in [6.07, 6.45) is 2.22. The Labute approximate surface area is 113 Å². The lowest BCUT2D eigenvalue weighted by atomic mass is 9.93. The molecular weight excluding hydrogens is 247 g/mol. The average molecular weight is 278 g/mol. The molecule has 0 fully saturated rings. The van der Waals surface area contributed by atoms with Crippen LogP contribution in [0.4, 0.5) is 0 Å². The molecule has 0 amide bonds. The molecule has 0 saturated carbocycles. The summed E-state index contributed by atoms with van der Waals surface area (Å²) in [6.45, 7) is 15.7. The lowest BCUT2D eigenvalue weighted by molar-refractivity contribution is 0.167. The highest BCUT2D eigenvalue weighted by atomic mass is 31.2. The zero-order valence-corrected chi connectivity index (χ0v) is 14.1. The van der Waals surface area contributed by atoms with Gasteiger partial charge in [0.15, 0.2) is 0 Å². The molecule has 0 aromatic heterocycles. The van der Waals surface area contributed by atoms with E-state index in [9.17, 15) is 4.57 Å². The molecule has 0 heterocycles. The zero-order valence-electron chi connectivity index (χ0n) is 13.2. The molecule has 0 rings (SSSR count). The Hall–Kier alpha value is 0.150.